The first-order chi connectivity index (χ1) is 13.4. The lowest BCUT2D eigenvalue weighted by Crippen LogP contribution is -2.47. The Kier molecular flexibility index (Phi) is 8.36. The molecule has 4 nitrogen and oxygen atoms in total. The standard InChI is InChI=1S/C24H33NO3/c1-4-24(25,16-26)17-28-15-20-10-12-21(13-11-20)23(27)7-5-6-22-14-18(2)8-9-19(22)3/h8-14,26H,4-7,15-17,25H2,1-3H3. The molecule has 4 heteroatoms. The quantitative estimate of drug-likeness (QED) is 0.572. The van der Waals surface area contributed by atoms with Crippen LogP contribution in [0, 0.1) is 13.8 Å². The van der Waals surface area contributed by atoms with Gasteiger partial charge in [-0.05, 0) is 49.8 Å². The molecular formula is C24H33NO3. The van der Waals surface area contributed by atoms with Crippen molar-refractivity contribution in [3.05, 3.63) is 70.3 Å². The molecule has 0 spiro atoms. The number of rotatable bonds is 11. The van der Waals surface area contributed by atoms with Crippen molar-refractivity contribution in [2.75, 3.05) is 13.2 Å². The second-order valence-electron chi connectivity index (χ2n) is 7.77. The molecule has 0 aliphatic rings. The molecule has 0 saturated heterocycles. The number of hydrogen-bond donors (Lipinski definition) is 2. The van der Waals surface area contributed by atoms with Crippen LogP contribution in [-0.4, -0.2) is 29.6 Å². The first-order valence-electron chi connectivity index (χ1n) is 10.0. The minimum absolute atomic E-state index is 0.0982. The Morgan fingerprint density at radius 1 is 1.14 bits per heavy atom. The second-order valence-corrected chi connectivity index (χ2v) is 7.77. The Labute approximate surface area is 168 Å². The predicted molar refractivity (Wildman–Crippen MR) is 114 cm³/mol. The van der Waals surface area contributed by atoms with Gasteiger partial charge in [-0.15, -0.1) is 0 Å². The van der Waals surface area contributed by atoms with Crippen molar-refractivity contribution in [2.24, 2.45) is 5.73 Å². The zero-order chi connectivity index (χ0) is 20.6. The Balaban J connectivity index is 1.80. The van der Waals surface area contributed by atoms with Crippen LogP contribution in [0.15, 0.2) is 42.5 Å². The molecule has 2 aromatic carbocycles. The van der Waals surface area contributed by atoms with E-state index in [4.69, 9.17) is 10.5 Å². The molecule has 0 aliphatic heterocycles. The van der Waals surface area contributed by atoms with Crippen LogP contribution >= 0.6 is 0 Å². The summed E-state index contributed by atoms with van der Waals surface area (Å²) in [6.07, 6.45) is 2.98. The largest absolute Gasteiger partial charge is 0.394 e. The molecule has 0 aliphatic carbocycles. The lowest BCUT2D eigenvalue weighted by Gasteiger charge is -2.25. The number of carbonyl (C=O) groups is 1. The zero-order valence-corrected chi connectivity index (χ0v) is 17.3. The van der Waals surface area contributed by atoms with Gasteiger partial charge in [0, 0.05) is 12.0 Å². The molecule has 0 aromatic heterocycles. The maximum Gasteiger partial charge on any atom is 0.162 e. The van der Waals surface area contributed by atoms with Crippen molar-refractivity contribution in [1.82, 2.24) is 0 Å². The topological polar surface area (TPSA) is 72.6 Å². The third-order valence-corrected chi connectivity index (χ3v) is 5.31. The fraction of sp³-hybridized carbons (Fsp3) is 0.458. The normalized spacial score (nSPS) is 13.3. The number of aryl methyl sites for hydroxylation is 3. The number of aliphatic hydroxyl groups excluding tert-OH is 1. The fourth-order valence-electron chi connectivity index (χ4n) is 3.07. The average molecular weight is 384 g/mol. The van der Waals surface area contributed by atoms with Crippen molar-refractivity contribution in [1.29, 1.82) is 0 Å². The van der Waals surface area contributed by atoms with Gasteiger partial charge in [0.1, 0.15) is 0 Å². The second kappa shape index (κ2) is 10.5. The first kappa shape index (κ1) is 22.3. The van der Waals surface area contributed by atoms with Crippen molar-refractivity contribution in [2.45, 2.75) is 58.6 Å². The molecule has 0 saturated carbocycles. The van der Waals surface area contributed by atoms with Crippen LogP contribution in [0.4, 0.5) is 0 Å². The van der Waals surface area contributed by atoms with Gasteiger partial charge in [-0.2, -0.15) is 0 Å². The van der Waals surface area contributed by atoms with Gasteiger partial charge in [-0.1, -0.05) is 55.0 Å². The molecule has 3 N–H and O–H groups in total. The Morgan fingerprint density at radius 3 is 2.50 bits per heavy atom. The van der Waals surface area contributed by atoms with Crippen LogP contribution in [0.1, 0.15) is 58.8 Å². The first-order valence-corrected chi connectivity index (χ1v) is 10.0. The maximum absolute atomic E-state index is 12.4. The van der Waals surface area contributed by atoms with Crippen molar-refractivity contribution in [3.63, 3.8) is 0 Å². The lowest BCUT2D eigenvalue weighted by atomic mass is 9.98. The number of Topliss-reactive ketones (excluding diaryl/α,β-unsaturated/α-hetero) is 1. The average Bonchev–Trinajstić information content (AvgIpc) is 2.70. The lowest BCUT2D eigenvalue weighted by molar-refractivity contribution is 0.0440. The van der Waals surface area contributed by atoms with Crippen LogP contribution in [0.5, 0.6) is 0 Å². The number of ketones is 1. The maximum atomic E-state index is 12.4. The molecule has 0 radical (unpaired) electrons. The monoisotopic (exact) mass is 383 g/mol. The van der Waals surface area contributed by atoms with E-state index in [2.05, 4.69) is 32.0 Å². The number of ether oxygens (including phenoxy) is 1. The van der Waals surface area contributed by atoms with E-state index >= 15 is 0 Å². The van der Waals surface area contributed by atoms with Crippen LogP contribution in [0.3, 0.4) is 0 Å². The van der Waals surface area contributed by atoms with Crippen LogP contribution in [0.25, 0.3) is 0 Å². The number of hydrogen-bond acceptors (Lipinski definition) is 4. The molecule has 152 valence electrons. The molecule has 1 unspecified atom stereocenters. The minimum Gasteiger partial charge on any atom is -0.394 e. The highest BCUT2D eigenvalue weighted by atomic mass is 16.5. The number of carbonyl (C=O) groups excluding carboxylic acids is 1. The van der Waals surface area contributed by atoms with Gasteiger partial charge in [0.15, 0.2) is 5.78 Å². The van der Waals surface area contributed by atoms with E-state index in [1.54, 1.807) is 0 Å². The van der Waals surface area contributed by atoms with Crippen LogP contribution in [-0.2, 0) is 17.8 Å². The molecule has 0 bridgehead atoms. The van der Waals surface area contributed by atoms with Crippen LogP contribution < -0.4 is 5.73 Å². The molecule has 2 rings (SSSR count). The molecule has 0 amide bonds. The van der Waals surface area contributed by atoms with Gasteiger partial charge in [-0.3, -0.25) is 4.79 Å². The third-order valence-electron chi connectivity index (χ3n) is 5.31. The molecular weight excluding hydrogens is 350 g/mol. The molecule has 2 aromatic rings. The predicted octanol–water partition coefficient (Wildman–Crippen LogP) is 4.13. The summed E-state index contributed by atoms with van der Waals surface area (Å²) in [5.41, 5.74) is 10.9. The van der Waals surface area contributed by atoms with E-state index in [1.165, 1.54) is 16.7 Å². The molecule has 28 heavy (non-hydrogen) atoms. The SMILES string of the molecule is CCC(N)(CO)COCc1ccc(C(=O)CCCc2cc(C)ccc2C)cc1. The van der Waals surface area contributed by atoms with Gasteiger partial charge in [0.2, 0.25) is 0 Å². The van der Waals surface area contributed by atoms with E-state index in [1.807, 2.05) is 31.2 Å². The molecule has 0 heterocycles. The van der Waals surface area contributed by atoms with Gasteiger partial charge in [0.05, 0.1) is 25.4 Å². The van der Waals surface area contributed by atoms with Crippen LogP contribution in [0.2, 0.25) is 0 Å². The molecule has 0 fully saturated rings. The minimum atomic E-state index is -0.689. The van der Waals surface area contributed by atoms with Gasteiger partial charge < -0.3 is 15.6 Å². The van der Waals surface area contributed by atoms with E-state index in [-0.39, 0.29) is 12.4 Å². The summed E-state index contributed by atoms with van der Waals surface area (Å²) in [7, 11) is 0. The summed E-state index contributed by atoms with van der Waals surface area (Å²) >= 11 is 0. The number of benzene rings is 2. The van der Waals surface area contributed by atoms with Gasteiger partial charge >= 0.3 is 0 Å². The van der Waals surface area contributed by atoms with E-state index in [9.17, 15) is 9.90 Å². The smallest absolute Gasteiger partial charge is 0.162 e. The summed E-state index contributed by atoms with van der Waals surface area (Å²) in [5.74, 6) is 0.171. The summed E-state index contributed by atoms with van der Waals surface area (Å²) in [4.78, 5) is 12.4. The van der Waals surface area contributed by atoms with E-state index < -0.39 is 5.54 Å². The summed E-state index contributed by atoms with van der Waals surface area (Å²) in [5, 5.41) is 9.31. The highest BCUT2D eigenvalue weighted by Gasteiger charge is 2.21. The Hall–Kier alpha value is -2.01. The highest BCUT2D eigenvalue weighted by molar-refractivity contribution is 5.96. The van der Waals surface area contributed by atoms with Crippen molar-refractivity contribution < 1.29 is 14.6 Å². The summed E-state index contributed by atoms with van der Waals surface area (Å²) < 4.78 is 5.63. The number of aliphatic hydroxyl groups is 1. The number of nitrogens with two attached hydrogens (primary N) is 1. The summed E-state index contributed by atoms with van der Waals surface area (Å²) in [6.45, 7) is 6.77. The summed E-state index contributed by atoms with van der Waals surface area (Å²) in [6, 6.07) is 14.0. The Morgan fingerprint density at radius 2 is 1.86 bits per heavy atom. The van der Waals surface area contributed by atoms with E-state index in [0.717, 1.165) is 24.0 Å². The highest BCUT2D eigenvalue weighted by Crippen LogP contribution is 2.16. The third kappa shape index (κ3) is 6.55. The van der Waals surface area contributed by atoms with Gasteiger partial charge in [-0.25, -0.2) is 0 Å². The van der Waals surface area contributed by atoms with Crippen molar-refractivity contribution >= 4 is 5.78 Å². The van der Waals surface area contributed by atoms with E-state index in [0.29, 0.717) is 26.1 Å². The molecule has 1 atom stereocenters. The Bertz CT molecular complexity index is 764. The van der Waals surface area contributed by atoms with Crippen molar-refractivity contribution in [3.8, 4) is 0 Å². The van der Waals surface area contributed by atoms with Gasteiger partial charge in [0.25, 0.3) is 0 Å². The fourth-order valence-corrected chi connectivity index (χ4v) is 3.07. The zero-order valence-electron chi connectivity index (χ0n) is 17.3.